The second-order valence-corrected chi connectivity index (χ2v) is 6.24. The van der Waals surface area contributed by atoms with Crippen molar-refractivity contribution < 1.29 is 4.79 Å². The van der Waals surface area contributed by atoms with Crippen LogP contribution in [0.15, 0.2) is 0 Å². The number of hydrogen-bond acceptors (Lipinski definition) is 2. The largest absolute Gasteiger partial charge is 0.335 e. The van der Waals surface area contributed by atoms with Gasteiger partial charge in [0.1, 0.15) is 0 Å². The molecule has 3 unspecified atom stereocenters. The van der Waals surface area contributed by atoms with Crippen molar-refractivity contribution in [2.45, 2.75) is 63.6 Å². The molecule has 0 aromatic rings. The molecule has 4 nitrogen and oxygen atoms in total. The zero-order valence-electron chi connectivity index (χ0n) is 11.3. The van der Waals surface area contributed by atoms with Crippen LogP contribution in [0.2, 0.25) is 0 Å². The third-order valence-corrected chi connectivity index (χ3v) is 4.86. The number of amides is 2. The van der Waals surface area contributed by atoms with Crippen molar-refractivity contribution in [3.8, 4) is 0 Å². The van der Waals surface area contributed by atoms with Crippen LogP contribution in [-0.4, -0.2) is 42.1 Å². The van der Waals surface area contributed by atoms with Gasteiger partial charge in [-0.1, -0.05) is 6.42 Å². The average Bonchev–Trinajstić information content (AvgIpc) is 3.14. The summed E-state index contributed by atoms with van der Waals surface area (Å²) in [6.45, 7) is 4.51. The van der Waals surface area contributed by atoms with Crippen molar-refractivity contribution >= 4 is 6.03 Å². The third kappa shape index (κ3) is 2.63. The fourth-order valence-corrected chi connectivity index (χ4v) is 3.55. The molecule has 2 amide bonds. The molecule has 4 heteroatoms. The fourth-order valence-electron chi connectivity index (χ4n) is 3.55. The van der Waals surface area contributed by atoms with E-state index in [4.69, 9.17) is 0 Å². The van der Waals surface area contributed by atoms with Gasteiger partial charge in [-0.25, -0.2) is 4.79 Å². The van der Waals surface area contributed by atoms with Gasteiger partial charge in [-0.15, -0.1) is 0 Å². The lowest BCUT2D eigenvalue weighted by atomic mass is 9.99. The van der Waals surface area contributed by atoms with Crippen molar-refractivity contribution in [2.75, 3.05) is 13.1 Å². The quantitative estimate of drug-likeness (QED) is 0.802. The highest BCUT2D eigenvalue weighted by Gasteiger charge is 2.36. The molecular formula is C14H25N3O. The molecule has 0 bridgehead atoms. The molecule has 3 atom stereocenters. The molecule has 0 aromatic carbocycles. The topological polar surface area (TPSA) is 44.4 Å². The van der Waals surface area contributed by atoms with Crippen molar-refractivity contribution in [3.63, 3.8) is 0 Å². The van der Waals surface area contributed by atoms with Gasteiger partial charge >= 0.3 is 6.03 Å². The van der Waals surface area contributed by atoms with Crippen LogP contribution < -0.4 is 10.6 Å². The Morgan fingerprint density at radius 1 is 1.17 bits per heavy atom. The molecule has 0 aromatic heterocycles. The Labute approximate surface area is 109 Å². The van der Waals surface area contributed by atoms with E-state index >= 15 is 0 Å². The molecular weight excluding hydrogens is 226 g/mol. The monoisotopic (exact) mass is 251 g/mol. The molecule has 2 heterocycles. The molecule has 3 aliphatic rings. The molecule has 102 valence electrons. The first-order valence-corrected chi connectivity index (χ1v) is 7.55. The van der Waals surface area contributed by atoms with Crippen LogP contribution in [0.25, 0.3) is 0 Å². The molecule has 0 spiro atoms. The van der Waals surface area contributed by atoms with Crippen LogP contribution in [0, 0.1) is 5.92 Å². The third-order valence-electron chi connectivity index (χ3n) is 4.86. The first kappa shape index (κ1) is 12.3. The summed E-state index contributed by atoms with van der Waals surface area (Å²) in [5.74, 6) is 0.727. The van der Waals surface area contributed by atoms with E-state index in [1.165, 1.54) is 38.6 Å². The summed E-state index contributed by atoms with van der Waals surface area (Å²) in [4.78, 5) is 14.5. The van der Waals surface area contributed by atoms with Crippen molar-refractivity contribution in [2.24, 2.45) is 5.92 Å². The average molecular weight is 251 g/mol. The van der Waals surface area contributed by atoms with E-state index in [0.717, 1.165) is 18.9 Å². The zero-order valence-corrected chi connectivity index (χ0v) is 11.3. The van der Waals surface area contributed by atoms with E-state index in [0.29, 0.717) is 18.1 Å². The predicted octanol–water partition coefficient (Wildman–Crippen LogP) is 1.71. The first-order valence-electron chi connectivity index (χ1n) is 7.55. The van der Waals surface area contributed by atoms with E-state index in [2.05, 4.69) is 22.5 Å². The Kier molecular flexibility index (Phi) is 3.46. The summed E-state index contributed by atoms with van der Waals surface area (Å²) >= 11 is 0. The van der Waals surface area contributed by atoms with Gasteiger partial charge in [0.05, 0.1) is 0 Å². The molecule has 3 rings (SSSR count). The van der Waals surface area contributed by atoms with E-state index in [1.807, 2.05) is 0 Å². The van der Waals surface area contributed by atoms with Crippen molar-refractivity contribution in [1.29, 1.82) is 0 Å². The molecule has 0 radical (unpaired) electrons. The first-order chi connectivity index (χ1) is 8.74. The number of urea groups is 1. The van der Waals surface area contributed by atoms with Crippen LogP contribution in [0.1, 0.15) is 45.4 Å². The summed E-state index contributed by atoms with van der Waals surface area (Å²) < 4.78 is 0. The number of rotatable bonds is 3. The van der Waals surface area contributed by atoms with Crippen LogP contribution >= 0.6 is 0 Å². The smallest absolute Gasteiger partial charge is 0.315 e. The number of piperidine rings is 1. The molecule has 2 saturated heterocycles. The lowest BCUT2D eigenvalue weighted by molar-refractivity contribution is 0.178. The molecule has 1 aliphatic carbocycles. The van der Waals surface area contributed by atoms with Gasteiger partial charge in [0, 0.05) is 24.7 Å². The van der Waals surface area contributed by atoms with E-state index in [-0.39, 0.29) is 6.03 Å². The normalized spacial score (nSPS) is 33.8. The molecule has 2 N–H and O–H groups in total. The molecule has 2 aliphatic heterocycles. The highest BCUT2D eigenvalue weighted by molar-refractivity contribution is 5.74. The predicted molar refractivity (Wildman–Crippen MR) is 71.5 cm³/mol. The Morgan fingerprint density at radius 2 is 2.00 bits per heavy atom. The van der Waals surface area contributed by atoms with Gasteiger partial charge < -0.3 is 10.6 Å². The van der Waals surface area contributed by atoms with E-state index in [1.54, 1.807) is 0 Å². The molecule has 18 heavy (non-hydrogen) atoms. The maximum Gasteiger partial charge on any atom is 0.315 e. The maximum absolute atomic E-state index is 12.0. The van der Waals surface area contributed by atoms with Crippen LogP contribution in [0.3, 0.4) is 0 Å². The van der Waals surface area contributed by atoms with Crippen LogP contribution in [0.5, 0.6) is 0 Å². The van der Waals surface area contributed by atoms with E-state index < -0.39 is 0 Å². The Balaban J connectivity index is 1.48. The van der Waals surface area contributed by atoms with Crippen LogP contribution in [-0.2, 0) is 0 Å². The van der Waals surface area contributed by atoms with Gasteiger partial charge in [0.2, 0.25) is 0 Å². The Morgan fingerprint density at radius 3 is 2.78 bits per heavy atom. The maximum atomic E-state index is 12.0. The number of carbonyl (C=O) groups excluding carboxylic acids is 1. The second kappa shape index (κ2) is 5.08. The van der Waals surface area contributed by atoms with Gasteiger partial charge in [-0.3, -0.25) is 4.90 Å². The summed E-state index contributed by atoms with van der Waals surface area (Å²) in [7, 11) is 0. The standard InChI is InChI=1S/C14H25N3O/c1-10(11-5-6-11)15-14(18)16-12-7-9-17-8-3-2-4-13(12)17/h10-13H,2-9H2,1H3,(H2,15,16,18). The fraction of sp³-hybridized carbons (Fsp3) is 0.929. The van der Waals surface area contributed by atoms with Crippen molar-refractivity contribution in [3.05, 3.63) is 0 Å². The SMILES string of the molecule is CC(NC(=O)NC1CCN2CCCCC12)C1CC1. The zero-order chi connectivity index (χ0) is 12.5. The Hall–Kier alpha value is -0.770. The van der Waals surface area contributed by atoms with Gasteiger partial charge in [0.15, 0.2) is 0 Å². The van der Waals surface area contributed by atoms with Crippen molar-refractivity contribution in [1.82, 2.24) is 15.5 Å². The summed E-state index contributed by atoms with van der Waals surface area (Å²) in [6.07, 6.45) is 7.58. The summed E-state index contributed by atoms with van der Waals surface area (Å²) in [5, 5.41) is 6.30. The summed E-state index contributed by atoms with van der Waals surface area (Å²) in [5.41, 5.74) is 0. The summed E-state index contributed by atoms with van der Waals surface area (Å²) in [6, 6.07) is 1.36. The number of hydrogen-bond donors (Lipinski definition) is 2. The van der Waals surface area contributed by atoms with Gasteiger partial charge in [0.25, 0.3) is 0 Å². The second-order valence-electron chi connectivity index (χ2n) is 6.24. The molecule has 3 fully saturated rings. The lowest BCUT2D eigenvalue weighted by Gasteiger charge is -2.32. The number of nitrogens with zero attached hydrogens (tertiary/aromatic N) is 1. The number of carbonyl (C=O) groups is 1. The Bertz CT molecular complexity index is 316. The van der Waals surface area contributed by atoms with Gasteiger partial charge in [-0.05, 0) is 51.5 Å². The van der Waals surface area contributed by atoms with Crippen LogP contribution in [0.4, 0.5) is 4.79 Å². The highest BCUT2D eigenvalue weighted by Crippen LogP contribution is 2.32. The van der Waals surface area contributed by atoms with E-state index in [9.17, 15) is 4.79 Å². The minimum atomic E-state index is 0.0480. The highest BCUT2D eigenvalue weighted by atomic mass is 16.2. The van der Waals surface area contributed by atoms with Gasteiger partial charge in [-0.2, -0.15) is 0 Å². The lowest BCUT2D eigenvalue weighted by Crippen LogP contribution is -2.51. The minimum Gasteiger partial charge on any atom is -0.335 e. The number of fused-ring (bicyclic) bond motifs is 1. The minimum absolute atomic E-state index is 0.0480. The number of nitrogens with one attached hydrogen (secondary N) is 2. The molecule has 1 saturated carbocycles.